The Bertz CT molecular complexity index is 749. The first-order valence-electron chi connectivity index (χ1n) is 10.5. The maximum atomic E-state index is 12.0. The first-order valence-corrected chi connectivity index (χ1v) is 10.5. The fourth-order valence-corrected chi connectivity index (χ4v) is 4.37. The molecule has 2 atom stereocenters. The van der Waals surface area contributed by atoms with E-state index in [1.807, 2.05) is 6.92 Å². The molecule has 2 aromatic rings. The Hall–Kier alpha value is -2.50. The topological polar surface area (TPSA) is 36.0 Å². The molecule has 0 aliphatic carbocycles. The van der Waals surface area contributed by atoms with Crippen LogP contribution >= 0.6 is 0 Å². The van der Waals surface area contributed by atoms with Crippen molar-refractivity contribution < 1.29 is 9.53 Å². The summed E-state index contributed by atoms with van der Waals surface area (Å²) >= 11 is 0. The van der Waals surface area contributed by atoms with Crippen LogP contribution in [0.5, 0.6) is 0 Å². The molecular formula is C24H30N3O2+. The van der Waals surface area contributed by atoms with Crippen molar-refractivity contribution in [1.82, 2.24) is 14.7 Å². The summed E-state index contributed by atoms with van der Waals surface area (Å²) in [4.78, 5) is 18.6. The third-order valence-electron chi connectivity index (χ3n) is 5.90. The van der Waals surface area contributed by atoms with Crippen molar-refractivity contribution >= 4 is 6.09 Å². The van der Waals surface area contributed by atoms with Crippen molar-refractivity contribution in [2.45, 2.75) is 25.1 Å². The van der Waals surface area contributed by atoms with Gasteiger partial charge in [-0.2, -0.15) is 0 Å². The monoisotopic (exact) mass is 392 g/mol. The average Bonchev–Trinajstić information content (AvgIpc) is 3.11. The van der Waals surface area contributed by atoms with Crippen LogP contribution in [0.15, 0.2) is 60.7 Å². The van der Waals surface area contributed by atoms with Gasteiger partial charge in [0.25, 0.3) is 0 Å². The second-order valence-corrected chi connectivity index (χ2v) is 8.07. The van der Waals surface area contributed by atoms with Crippen molar-refractivity contribution in [2.24, 2.45) is 0 Å². The van der Waals surface area contributed by atoms with E-state index in [-0.39, 0.29) is 24.3 Å². The summed E-state index contributed by atoms with van der Waals surface area (Å²) in [5.41, 5.74) is 2.66. The van der Waals surface area contributed by atoms with Crippen LogP contribution in [0.1, 0.15) is 24.1 Å². The third kappa shape index (κ3) is 4.57. The molecule has 5 heteroatoms. The van der Waals surface area contributed by atoms with Crippen LogP contribution in [0.4, 0.5) is 4.79 Å². The lowest BCUT2D eigenvalue weighted by Crippen LogP contribution is -2.50. The quantitative estimate of drug-likeness (QED) is 0.706. The van der Waals surface area contributed by atoms with Gasteiger partial charge in [0, 0.05) is 32.7 Å². The van der Waals surface area contributed by atoms with Gasteiger partial charge in [0.2, 0.25) is 0 Å². The zero-order chi connectivity index (χ0) is 20.2. The second-order valence-electron chi connectivity index (χ2n) is 8.07. The van der Waals surface area contributed by atoms with Gasteiger partial charge in [0.15, 0.2) is 6.04 Å². The molecule has 29 heavy (non-hydrogen) atoms. The molecule has 1 amide bonds. The van der Waals surface area contributed by atoms with Crippen LogP contribution < -0.4 is 0 Å². The molecule has 0 N–H and O–H groups in total. The van der Waals surface area contributed by atoms with Crippen LogP contribution in [-0.2, 0) is 4.74 Å². The van der Waals surface area contributed by atoms with Crippen molar-refractivity contribution in [2.75, 3.05) is 39.3 Å². The summed E-state index contributed by atoms with van der Waals surface area (Å²) in [6.45, 7) is 11.2. The molecule has 2 heterocycles. The van der Waals surface area contributed by atoms with E-state index in [1.165, 1.54) is 11.1 Å². The Morgan fingerprint density at radius 1 is 0.966 bits per heavy atom. The molecule has 152 valence electrons. The van der Waals surface area contributed by atoms with Crippen molar-refractivity contribution in [3.8, 4) is 0 Å². The number of carbonyl (C=O) groups is 1. The van der Waals surface area contributed by atoms with E-state index in [4.69, 9.17) is 4.74 Å². The number of benzene rings is 2. The predicted octanol–water partition coefficient (Wildman–Crippen LogP) is 3.44. The summed E-state index contributed by atoms with van der Waals surface area (Å²) in [7, 11) is 0. The fourth-order valence-electron chi connectivity index (χ4n) is 4.37. The van der Waals surface area contributed by atoms with Gasteiger partial charge in [-0.05, 0) is 18.1 Å². The zero-order valence-corrected chi connectivity index (χ0v) is 17.1. The number of hydrogen-bond donors (Lipinski definition) is 0. The number of piperazine rings is 1. The highest BCUT2D eigenvalue weighted by molar-refractivity contribution is 5.70. The summed E-state index contributed by atoms with van der Waals surface area (Å²) in [5.74, 6) is 0. The molecule has 0 radical (unpaired) electrons. The lowest BCUT2D eigenvalue weighted by atomic mass is 9.96. The first-order chi connectivity index (χ1) is 14.1. The van der Waals surface area contributed by atoms with E-state index in [0.29, 0.717) is 6.54 Å². The molecule has 4 rings (SSSR count). The number of nitrogens with zero attached hydrogens (tertiary/aromatic N) is 3. The molecule has 0 bridgehead atoms. The van der Waals surface area contributed by atoms with Crippen LogP contribution in [0.3, 0.4) is 0 Å². The highest BCUT2D eigenvalue weighted by Crippen LogP contribution is 2.29. The molecule has 2 aliphatic heterocycles. The van der Waals surface area contributed by atoms with E-state index >= 15 is 0 Å². The lowest BCUT2D eigenvalue weighted by molar-refractivity contribution is 0.0670. The molecule has 5 nitrogen and oxygen atoms in total. The van der Waals surface area contributed by atoms with Gasteiger partial charge >= 0.3 is 6.09 Å². The molecule has 2 aromatic carbocycles. The third-order valence-corrected chi connectivity index (χ3v) is 5.90. The zero-order valence-electron chi connectivity index (χ0n) is 17.1. The summed E-state index contributed by atoms with van der Waals surface area (Å²) in [6.07, 6.45) is -0.290. The van der Waals surface area contributed by atoms with Crippen molar-refractivity contribution in [3.63, 3.8) is 0 Å². The van der Waals surface area contributed by atoms with Gasteiger partial charge in [0.05, 0.1) is 19.5 Å². The number of rotatable bonds is 6. The maximum absolute atomic E-state index is 12.0. The second kappa shape index (κ2) is 8.89. The van der Waals surface area contributed by atoms with E-state index in [1.54, 1.807) is 4.90 Å². The van der Waals surface area contributed by atoms with Crippen molar-refractivity contribution in [3.05, 3.63) is 78.7 Å². The number of ether oxygens (including phenoxy) is 1. The highest BCUT2D eigenvalue weighted by Gasteiger charge is 2.37. The van der Waals surface area contributed by atoms with Crippen molar-refractivity contribution in [1.29, 1.82) is 0 Å². The Balaban J connectivity index is 1.39. The van der Waals surface area contributed by atoms with E-state index in [0.717, 1.165) is 32.7 Å². The Labute approximate surface area is 173 Å². The Morgan fingerprint density at radius 2 is 1.52 bits per heavy atom. The largest absolute Gasteiger partial charge is 0.443 e. The average molecular weight is 393 g/mol. The van der Waals surface area contributed by atoms with E-state index < -0.39 is 0 Å². The lowest BCUT2D eigenvalue weighted by Gasteiger charge is -2.40. The molecule has 2 fully saturated rings. The number of carbonyl (C=O) groups excluding carboxylic acids is 1. The number of cyclic esters (lactones) is 1. The molecular weight excluding hydrogens is 362 g/mol. The fraction of sp³-hybridized carbons (Fsp3) is 0.417. The van der Waals surface area contributed by atoms with Gasteiger partial charge in [-0.1, -0.05) is 60.7 Å². The minimum absolute atomic E-state index is 0.0538. The molecule has 2 unspecified atom stereocenters. The van der Waals surface area contributed by atoms with Crippen LogP contribution in [0.25, 0.3) is 0 Å². The molecule has 0 aromatic heterocycles. The van der Waals surface area contributed by atoms with Crippen LogP contribution in [0, 0.1) is 6.92 Å². The molecule has 0 spiro atoms. The van der Waals surface area contributed by atoms with Gasteiger partial charge in [-0.15, -0.1) is 0 Å². The molecule has 2 saturated heterocycles. The normalized spacial score (nSPS) is 22.1. The van der Waals surface area contributed by atoms with Crippen LogP contribution in [0.2, 0.25) is 0 Å². The van der Waals surface area contributed by atoms with E-state index in [9.17, 15) is 4.79 Å². The van der Waals surface area contributed by atoms with E-state index in [2.05, 4.69) is 77.4 Å². The first kappa shape index (κ1) is 19.8. The van der Waals surface area contributed by atoms with Gasteiger partial charge in [-0.3, -0.25) is 14.7 Å². The summed E-state index contributed by atoms with van der Waals surface area (Å²) in [6, 6.07) is 21.7. The predicted molar refractivity (Wildman–Crippen MR) is 115 cm³/mol. The van der Waals surface area contributed by atoms with Gasteiger partial charge in [0.1, 0.15) is 6.10 Å². The standard InChI is InChI=1S/C24H30N3O2/c1-19(2)27-18-22(29-24(27)28)17-25-13-15-26(16-14-25)23(20-9-5-3-6-10-20)21-11-7-4-8-12-21/h3-12,19,22-23H,1,13-18H2,2H3/q+1. The summed E-state index contributed by atoms with van der Waals surface area (Å²) in [5, 5.41) is 0. The Morgan fingerprint density at radius 3 is 2.00 bits per heavy atom. The number of amides is 1. The molecule has 0 saturated carbocycles. The molecule has 2 aliphatic rings. The smallest absolute Gasteiger partial charge is 0.413 e. The van der Waals surface area contributed by atoms with Gasteiger partial charge in [-0.25, -0.2) is 4.79 Å². The van der Waals surface area contributed by atoms with Crippen LogP contribution in [-0.4, -0.2) is 72.2 Å². The SMILES string of the molecule is [CH2+]C(C)N1CC(CN2CCN(C(c3ccccc3)c3ccccc3)CC2)OC1=O. The maximum Gasteiger partial charge on any atom is 0.413 e. The highest BCUT2D eigenvalue weighted by atomic mass is 16.6. The van der Waals surface area contributed by atoms with Gasteiger partial charge < -0.3 is 4.74 Å². The number of hydrogen-bond acceptors (Lipinski definition) is 4. The minimum atomic E-state index is -0.232. The minimum Gasteiger partial charge on any atom is -0.443 e. The Kier molecular flexibility index (Phi) is 6.07. The summed E-state index contributed by atoms with van der Waals surface area (Å²) < 4.78 is 5.54.